The van der Waals surface area contributed by atoms with Crippen LogP contribution in [0.15, 0.2) is 73.2 Å². The fraction of sp³-hybridized carbons (Fsp3) is 0.111. The smallest absolute Gasteiger partial charge is 0.0563 e. The monoisotopic (exact) mass is 387 g/mol. The molecule has 0 fully saturated rings. The van der Waals surface area contributed by atoms with Crippen LogP contribution in [0.5, 0.6) is 0 Å². The highest BCUT2D eigenvalue weighted by Crippen LogP contribution is 2.44. The van der Waals surface area contributed by atoms with E-state index < -0.39 is 0 Å². The predicted molar refractivity (Wildman–Crippen MR) is 128 cm³/mol. The van der Waals surface area contributed by atoms with E-state index >= 15 is 0 Å². The van der Waals surface area contributed by atoms with E-state index in [-0.39, 0.29) is 0 Å². The van der Waals surface area contributed by atoms with Crippen LogP contribution in [0.3, 0.4) is 0 Å². The van der Waals surface area contributed by atoms with Gasteiger partial charge in [0.2, 0.25) is 0 Å². The van der Waals surface area contributed by atoms with Gasteiger partial charge in [0.15, 0.2) is 0 Å². The Morgan fingerprint density at radius 2 is 0.700 bits per heavy atom. The first-order chi connectivity index (χ1) is 14.6. The summed E-state index contributed by atoms with van der Waals surface area (Å²) in [7, 11) is 6.46. The summed E-state index contributed by atoms with van der Waals surface area (Å²) in [5, 5.41) is 11.9. The van der Waals surface area contributed by atoms with E-state index in [4.69, 9.17) is 0 Å². The third-order valence-electron chi connectivity index (χ3n) is 6.93. The molecule has 144 valence electrons. The van der Waals surface area contributed by atoms with Crippen LogP contribution in [0.1, 0.15) is 0 Å². The molecule has 7 aromatic rings. The molecule has 3 heteroatoms. The molecule has 3 heterocycles. The largest absolute Gasteiger partial charge is 0.350 e. The lowest BCUT2D eigenvalue weighted by molar-refractivity contribution is 0.972. The molecule has 0 bridgehead atoms. The normalized spacial score (nSPS) is 12.5. The van der Waals surface area contributed by atoms with E-state index in [1.807, 2.05) is 0 Å². The zero-order valence-corrected chi connectivity index (χ0v) is 17.3. The van der Waals surface area contributed by atoms with Gasteiger partial charge in [0.25, 0.3) is 0 Å². The first-order valence-electron chi connectivity index (χ1n) is 10.4. The lowest BCUT2D eigenvalue weighted by atomic mass is 9.91. The summed E-state index contributed by atoms with van der Waals surface area (Å²) in [6.45, 7) is 0. The maximum atomic E-state index is 2.32. The van der Waals surface area contributed by atoms with Crippen LogP contribution in [0.25, 0.3) is 65.0 Å². The zero-order chi connectivity index (χ0) is 20.1. The molecule has 3 aromatic heterocycles. The third-order valence-corrected chi connectivity index (χ3v) is 6.93. The van der Waals surface area contributed by atoms with E-state index in [0.717, 1.165) is 0 Å². The van der Waals surface area contributed by atoms with Crippen LogP contribution in [-0.4, -0.2) is 13.7 Å². The fourth-order valence-corrected chi connectivity index (χ4v) is 5.61. The molecular formula is C27H21N3. The predicted octanol–water partition coefficient (Wildman–Crippen LogP) is 6.62. The molecule has 7 rings (SSSR count). The number of aromatic nitrogens is 3. The lowest BCUT2D eigenvalue weighted by Crippen LogP contribution is -1.94. The molecule has 3 nitrogen and oxygen atoms in total. The molecule has 0 aliphatic rings. The minimum Gasteiger partial charge on any atom is -0.350 e. The molecule has 0 spiro atoms. The Morgan fingerprint density at radius 1 is 0.400 bits per heavy atom. The van der Waals surface area contributed by atoms with E-state index in [2.05, 4.69) is 108 Å². The lowest BCUT2D eigenvalue weighted by Gasteiger charge is -2.16. The van der Waals surface area contributed by atoms with E-state index in [1.54, 1.807) is 0 Å². The summed E-state index contributed by atoms with van der Waals surface area (Å²) in [4.78, 5) is 0. The van der Waals surface area contributed by atoms with Gasteiger partial charge in [0, 0.05) is 72.1 Å². The molecule has 30 heavy (non-hydrogen) atoms. The van der Waals surface area contributed by atoms with Crippen molar-refractivity contribution in [3.63, 3.8) is 0 Å². The van der Waals surface area contributed by atoms with Crippen molar-refractivity contribution < 1.29 is 0 Å². The van der Waals surface area contributed by atoms with Crippen LogP contribution in [0.4, 0.5) is 0 Å². The van der Waals surface area contributed by atoms with Crippen molar-refractivity contribution >= 4 is 65.0 Å². The van der Waals surface area contributed by atoms with Crippen molar-refractivity contribution in [2.75, 3.05) is 0 Å². The van der Waals surface area contributed by atoms with Crippen molar-refractivity contribution in [1.29, 1.82) is 0 Å². The third kappa shape index (κ3) is 1.77. The first kappa shape index (κ1) is 16.1. The molecule has 0 aliphatic heterocycles. The molecule has 0 amide bonds. The average Bonchev–Trinajstić information content (AvgIpc) is 3.45. The van der Waals surface area contributed by atoms with Gasteiger partial charge in [-0.3, -0.25) is 0 Å². The summed E-state index contributed by atoms with van der Waals surface area (Å²) in [6, 6.07) is 20.4. The Bertz CT molecular complexity index is 1580. The molecule has 0 aliphatic carbocycles. The second-order valence-corrected chi connectivity index (χ2v) is 8.56. The standard InChI is InChI=1S/C27H21N3/c1-28-13-10-16-4-7-19-22(25(16)28)20-8-5-17-11-14-29(2)26(17)24(20)21-9-6-18-12-15-30(3)27(18)23(19)21/h4-15H,1-3H3. The van der Waals surface area contributed by atoms with Gasteiger partial charge in [-0.05, 0) is 34.4 Å². The van der Waals surface area contributed by atoms with Crippen molar-refractivity contribution in [3.8, 4) is 0 Å². The minimum absolute atomic E-state index is 1.29. The fourth-order valence-electron chi connectivity index (χ4n) is 5.61. The first-order valence-corrected chi connectivity index (χ1v) is 10.4. The highest BCUT2D eigenvalue weighted by Gasteiger charge is 2.18. The molecular weight excluding hydrogens is 366 g/mol. The number of hydrogen-bond acceptors (Lipinski definition) is 0. The van der Waals surface area contributed by atoms with Crippen LogP contribution in [0.2, 0.25) is 0 Å². The summed E-state index contributed by atoms with van der Waals surface area (Å²) < 4.78 is 6.80. The number of hydrogen-bond donors (Lipinski definition) is 0. The molecule has 0 radical (unpaired) electrons. The maximum Gasteiger partial charge on any atom is 0.0563 e. The highest BCUT2D eigenvalue weighted by atomic mass is 14.9. The molecule has 0 saturated carbocycles. The Labute approximate surface area is 173 Å². The van der Waals surface area contributed by atoms with Crippen LogP contribution < -0.4 is 0 Å². The van der Waals surface area contributed by atoms with Gasteiger partial charge >= 0.3 is 0 Å². The van der Waals surface area contributed by atoms with E-state index in [9.17, 15) is 0 Å². The molecule has 0 N–H and O–H groups in total. The number of aryl methyl sites for hydroxylation is 3. The average molecular weight is 387 g/mol. The molecule has 0 atom stereocenters. The highest BCUT2D eigenvalue weighted by molar-refractivity contribution is 6.38. The van der Waals surface area contributed by atoms with Crippen LogP contribution >= 0.6 is 0 Å². The van der Waals surface area contributed by atoms with Gasteiger partial charge in [-0.2, -0.15) is 0 Å². The molecule has 0 unspecified atom stereocenters. The number of fused-ring (bicyclic) bond motifs is 12. The Morgan fingerprint density at radius 3 is 1.00 bits per heavy atom. The molecule has 0 saturated heterocycles. The summed E-state index contributed by atoms with van der Waals surface area (Å²) >= 11 is 0. The van der Waals surface area contributed by atoms with Crippen molar-refractivity contribution in [2.24, 2.45) is 21.1 Å². The second kappa shape index (κ2) is 5.25. The summed E-state index contributed by atoms with van der Waals surface area (Å²) in [5.74, 6) is 0. The van der Waals surface area contributed by atoms with Gasteiger partial charge in [0.05, 0.1) is 16.6 Å². The van der Waals surface area contributed by atoms with E-state index in [0.29, 0.717) is 0 Å². The number of rotatable bonds is 0. The summed E-state index contributed by atoms with van der Waals surface area (Å²) in [6.07, 6.45) is 6.51. The van der Waals surface area contributed by atoms with E-state index in [1.165, 1.54) is 65.0 Å². The topological polar surface area (TPSA) is 14.8 Å². The van der Waals surface area contributed by atoms with Crippen molar-refractivity contribution in [2.45, 2.75) is 0 Å². The van der Waals surface area contributed by atoms with Gasteiger partial charge in [-0.1, -0.05) is 36.4 Å². The minimum atomic E-state index is 1.29. The zero-order valence-electron chi connectivity index (χ0n) is 17.3. The SMILES string of the molecule is Cn1ccc2ccc3c(c4ccc5ccn(C)c5c4c4ccc5ccn(C)c5c34)c21. The Kier molecular flexibility index (Phi) is 2.82. The summed E-state index contributed by atoms with van der Waals surface area (Å²) in [5.41, 5.74) is 3.91. The second-order valence-electron chi connectivity index (χ2n) is 8.56. The Balaban J connectivity index is 1.98. The van der Waals surface area contributed by atoms with Gasteiger partial charge in [-0.15, -0.1) is 0 Å². The van der Waals surface area contributed by atoms with Crippen LogP contribution in [0, 0.1) is 0 Å². The van der Waals surface area contributed by atoms with Crippen LogP contribution in [-0.2, 0) is 21.1 Å². The van der Waals surface area contributed by atoms with Crippen molar-refractivity contribution in [1.82, 2.24) is 13.7 Å². The van der Waals surface area contributed by atoms with Gasteiger partial charge < -0.3 is 13.7 Å². The molecule has 4 aromatic carbocycles. The number of nitrogens with zero attached hydrogens (tertiary/aromatic N) is 3. The van der Waals surface area contributed by atoms with Gasteiger partial charge in [-0.25, -0.2) is 0 Å². The number of benzene rings is 4. The maximum absolute atomic E-state index is 2.32. The van der Waals surface area contributed by atoms with Crippen molar-refractivity contribution in [3.05, 3.63) is 73.2 Å². The Hall–Kier alpha value is -3.72. The van der Waals surface area contributed by atoms with Gasteiger partial charge in [0.1, 0.15) is 0 Å². The quantitative estimate of drug-likeness (QED) is 0.260.